The van der Waals surface area contributed by atoms with E-state index < -0.39 is 0 Å². The van der Waals surface area contributed by atoms with Crippen LogP contribution in [-0.2, 0) is 4.74 Å². The summed E-state index contributed by atoms with van der Waals surface area (Å²) in [6, 6.07) is 11.0. The fourth-order valence-electron chi connectivity index (χ4n) is 3.97. The number of hydrogen-bond donors (Lipinski definition) is 1. The van der Waals surface area contributed by atoms with Crippen molar-refractivity contribution < 1.29 is 19.1 Å². The van der Waals surface area contributed by atoms with Crippen molar-refractivity contribution in [1.29, 1.82) is 0 Å². The Bertz CT molecular complexity index is 949. The summed E-state index contributed by atoms with van der Waals surface area (Å²) in [4.78, 5) is 35.6. The molecule has 0 unspecified atom stereocenters. The maximum absolute atomic E-state index is 13.0. The van der Waals surface area contributed by atoms with Crippen molar-refractivity contribution in [3.63, 3.8) is 0 Å². The van der Waals surface area contributed by atoms with E-state index in [9.17, 15) is 9.59 Å². The quantitative estimate of drug-likeness (QED) is 0.515. The lowest BCUT2D eigenvalue weighted by atomic mass is 10.2. The van der Waals surface area contributed by atoms with Crippen LogP contribution in [0, 0.1) is 0 Å². The molecule has 3 rings (SSSR count). The Balaban J connectivity index is 1.55. The van der Waals surface area contributed by atoms with Crippen LogP contribution in [0.15, 0.2) is 42.6 Å². The van der Waals surface area contributed by atoms with E-state index in [0.29, 0.717) is 49.8 Å². The van der Waals surface area contributed by atoms with Gasteiger partial charge in [0.05, 0.1) is 17.9 Å². The fourth-order valence-corrected chi connectivity index (χ4v) is 3.97. The van der Waals surface area contributed by atoms with Gasteiger partial charge >= 0.3 is 12.0 Å². The highest BCUT2D eigenvalue weighted by Gasteiger charge is 2.21. The number of benzene rings is 1. The van der Waals surface area contributed by atoms with Crippen LogP contribution < -0.4 is 15.0 Å². The Morgan fingerprint density at radius 3 is 2.54 bits per heavy atom. The lowest BCUT2D eigenvalue weighted by Gasteiger charge is -2.24. The second-order valence-electron chi connectivity index (χ2n) is 8.25. The number of anilines is 2. The van der Waals surface area contributed by atoms with Gasteiger partial charge < -0.3 is 29.5 Å². The molecule has 35 heavy (non-hydrogen) atoms. The molecule has 0 bridgehead atoms. The van der Waals surface area contributed by atoms with Crippen LogP contribution in [0.1, 0.15) is 37.6 Å². The second kappa shape index (κ2) is 13.5. The Hall–Kier alpha value is -3.33. The highest BCUT2D eigenvalue weighted by Crippen LogP contribution is 2.24. The summed E-state index contributed by atoms with van der Waals surface area (Å²) in [6.07, 6.45) is 2.36. The predicted molar refractivity (Wildman–Crippen MR) is 137 cm³/mol. The first-order valence-corrected chi connectivity index (χ1v) is 12.4. The van der Waals surface area contributed by atoms with Gasteiger partial charge in [0.1, 0.15) is 18.2 Å². The number of ether oxygens (including phenoxy) is 2. The number of carbonyl (C=O) groups excluding carboxylic acids is 2. The third-order valence-corrected chi connectivity index (χ3v) is 6.05. The van der Waals surface area contributed by atoms with Gasteiger partial charge in [-0.25, -0.2) is 14.6 Å². The number of hydrogen-bond acceptors (Lipinski definition) is 7. The van der Waals surface area contributed by atoms with Crippen molar-refractivity contribution in [2.45, 2.75) is 27.2 Å². The summed E-state index contributed by atoms with van der Waals surface area (Å²) in [6.45, 7) is 12.4. The Kier molecular flexibility index (Phi) is 10.2. The molecule has 1 aromatic heterocycles. The van der Waals surface area contributed by atoms with E-state index in [0.717, 1.165) is 38.4 Å². The molecule has 2 heterocycles. The van der Waals surface area contributed by atoms with Gasteiger partial charge in [-0.05, 0) is 50.7 Å². The normalized spacial score (nSPS) is 13.9. The molecule has 1 fully saturated rings. The van der Waals surface area contributed by atoms with Gasteiger partial charge in [0, 0.05) is 38.9 Å². The first kappa shape index (κ1) is 26.3. The maximum atomic E-state index is 13.0. The van der Waals surface area contributed by atoms with E-state index in [1.807, 2.05) is 35.2 Å². The minimum Gasteiger partial charge on any atom is -0.490 e. The molecule has 1 aromatic carbocycles. The number of urea groups is 1. The van der Waals surface area contributed by atoms with E-state index in [-0.39, 0.29) is 12.0 Å². The number of para-hydroxylation sites is 2. The SMILES string of the molecule is CCOC(=O)c1ccc(N2CCCN(C(=O)Nc3ccccc3OCCN(CC)CC)CC2)nc1. The summed E-state index contributed by atoms with van der Waals surface area (Å²) in [5.41, 5.74) is 1.11. The standard InChI is InChI=1S/C26H37N5O4/c1-4-29(5-2)18-19-35-23-11-8-7-10-22(23)28-26(33)31-15-9-14-30(16-17-31)24-13-12-21(20-27-24)25(32)34-6-3/h7-8,10-13,20H,4-6,9,14-19H2,1-3H3,(H,28,33). The predicted octanol–water partition coefficient (Wildman–Crippen LogP) is 3.72. The van der Waals surface area contributed by atoms with Gasteiger partial charge in [-0.3, -0.25) is 0 Å². The molecule has 190 valence electrons. The molecule has 2 aromatic rings. The average molecular weight is 484 g/mol. The minimum atomic E-state index is -0.373. The van der Waals surface area contributed by atoms with E-state index in [1.165, 1.54) is 0 Å². The highest BCUT2D eigenvalue weighted by molar-refractivity contribution is 5.91. The number of amides is 2. The molecule has 1 aliphatic rings. The first-order chi connectivity index (χ1) is 17.0. The first-order valence-electron chi connectivity index (χ1n) is 12.4. The van der Waals surface area contributed by atoms with Crippen molar-refractivity contribution in [2.75, 3.05) is 69.2 Å². The molecule has 0 aliphatic carbocycles. The molecule has 9 nitrogen and oxygen atoms in total. The van der Waals surface area contributed by atoms with E-state index in [2.05, 4.69) is 33.9 Å². The lowest BCUT2D eigenvalue weighted by Crippen LogP contribution is -2.38. The zero-order valence-corrected chi connectivity index (χ0v) is 21.0. The number of nitrogens with zero attached hydrogens (tertiary/aromatic N) is 4. The summed E-state index contributed by atoms with van der Waals surface area (Å²) < 4.78 is 11.0. The second-order valence-corrected chi connectivity index (χ2v) is 8.25. The van der Waals surface area contributed by atoms with E-state index >= 15 is 0 Å². The van der Waals surface area contributed by atoms with Crippen LogP contribution in [0.3, 0.4) is 0 Å². The topological polar surface area (TPSA) is 87.2 Å². The van der Waals surface area contributed by atoms with Crippen LogP contribution in [0.4, 0.5) is 16.3 Å². The van der Waals surface area contributed by atoms with Gasteiger partial charge in [-0.15, -0.1) is 0 Å². The fraction of sp³-hybridized carbons (Fsp3) is 0.500. The van der Waals surface area contributed by atoms with Crippen molar-refractivity contribution in [2.24, 2.45) is 0 Å². The summed E-state index contributed by atoms with van der Waals surface area (Å²) in [7, 11) is 0. The summed E-state index contributed by atoms with van der Waals surface area (Å²) in [5, 5.41) is 3.02. The van der Waals surface area contributed by atoms with Crippen LogP contribution >= 0.6 is 0 Å². The average Bonchev–Trinajstić information content (AvgIpc) is 3.14. The molecule has 1 aliphatic heterocycles. The molecular weight excluding hydrogens is 446 g/mol. The number of likely N-dealkylation sites (N-methyl/N-ethyl adjacent to an activating group) is 1. The summed E-state index contributed by atoms with van der Waals surface area (Å²) >= 11 is 0. The molecule has 0 spiro atoms. The number of pyridine rings is 1. The molecule has 9 heteroatoms. The molecule has 2 amide bonds. The minimum absolute atomic E-state index is 0.141. The molecular formula is C26H37N5O4. The van der Waals surface area contributed by atoms with E-state index in [1.54, 1.807) is 19.2 Å². The number of nitrogens with one attached hydrogen (secondary N) is 1. The van der Waals surface area contributed by atoms with Crippen molar-refractivity contribution >= 4 is 23.5 Å². The van der Waals surface area contributed by atoms with Crippen molar-refractivity contribution in [3.8, 4) is 5.75 Å². The number of carbonyl (C=O) groups is 2. The van der Waals surface area contributed by atoms with Gasteiger partial charge in [0.15, 0.2) is 0 Å². The molecule has 1 saturated heterocycles. The molecule has 0 atom stereocenters. The molecule has 1 N–H and O–H groups in total. The number of esters is 1. The third kappa shape index (κ3) is 7.58. The molecule has 0 saturated carbocycles. The number of rotatable bonds is 10. The third-order valence-electron chi connectivity index (χ3n) is 6.05. The smallest absolute Gasteiger partial charge is 0.339 e. The van der Waals surface area contributed by atoms with Crippen LogP contribution in [0.5, 0.6) is 5.75 Å². The maximum Gasteiger partial charge on any atom is 0.339 e. The van der Waals surface area contributed by atoms with Crippen LogP contribution in [0.2, 0.25) is 0 Å². The van der Waals surface area contributed by atoms with Crippen LogP contribution in [0.25, 0.3) is 0 Å². The lowest BCUT2D eigenvalue weighted by molar-refractivity contribution is 0.0526. The van der Waals surface area contributed by atoms with Crippen molar-refractivity contribution in [3.05, 3.63) is 48.2 Å². The zero-order valence-electron chi connectivity index (χ0n) is 21.0. The van der Waals surface area contributed by atoms with E-state index in [4.69, 9.17) is 9.47 Å². The van der Waals surface area contributed by atoms with Gasteiger partial charge in [0.2, 0.25) is 0 Å². The van der Waals surface area contributed by atoms with Gasteiger partial charge in [0.25, 0.3) is 0 Å². The number of aromatic nitrogens is 1. The van der Waals surface area contributed by atoms with Gasteiger partial charge in [-0.1, -0.05) is 26.0 Å². The summed E-state index contributed by atoms with van der Waals surface area (Å²) in [5.74, 6) is 1.09. The zero-order chi connectivity index (χ0) is 25.0. The Labute approximate surface area is 208 Å². The monoisotopic (exact) mass is 483 g/mol. The largest absolute Gasteiger partial charge is 0.490 e. The van der Waals surface area contributed by atoms with Crippen molar-refractivity contribution in [1.82, 2.24) is 14.8 Å². The highest BCUT2D eigenvalue weighted by atomic mass is 16.5. The Morgan fingerprint density at radius 1 is 1.03 bits per heavy atom. The van der Waals surface area contributed by atoms with Gasteiger partial charge in [-0.2, -0.15) is 0 Å². The Morgan fingerprint density at radius 2 is 1.83 bits per heavy atom. The van der Waals surface area contributed by atoms with Crippen LogP contribution in [-0.4, -0.2) is 85.8 Å². The molecule has 0 radical (unpaired) electrons.